The number of hydrogen-bond acceptors (Lipinski definition) is 4. The van der Waals surface area contributed by atoms with Crippen LogP contribution < -0.4 is 5.32 Å². The summed E-state index contributed by atoms with van der Waals surface area (Å²) in [5, 5.41) is 12.8. The lowest BCUT2D eigenvalue weighted by Gasteiger charge is -2.44. The third-order valence-electron chi connectivity index (χ3n) is 4.90. The fourth-order valence-electron chi connectivity index (χ4n) is 3.27. The first-order chi connectivity index (χ1) is 9.29. The predicted octanol–water partition coefficient (Wildman–Crippen LogP) is 0.855. The van der Waals surface area contributed by atoms with E-state index in [0.717, 1.165) is 39.0 Å². The average molecular weight is 283 g/mol. The summed E-state index contributed by atoms with van der Waals surface area (Å²) in [6.07, 6.45) is 2.07. The molecule has 1 aliphatic heterocycles. The zero-order valence-electron chi connectivity index (χ0n) is 13.3. The van der Waals surface area contributed by atoms with Crippen LogP contribution in [0.25, 0.3) is 0 Å². The van der Waals surface area contributed by atoms with Gasteiger partial charge in [0.25, 0.3) is 0 Å². The van der Waals surface area contributed by atoms with Crippen molar-refractivity contribution < 1.29 is 9.90 Å². The molecule has 20 heavy (non-hydrogen) atoms. The van der Waals surface area contributed by atoms with Crippen LogP contribution in [0.3, 0.4) is 0 Å². The number of aliphatic carboxylic acids is 1. The minimum Gasteiger partial charge on any atom is -0.480 e. The molecule has 0 aromatic carbocycles. The van der Waals surface area contributed by atoms with E-state index in [1.807, 2.05) is 0 Å². The summed E-state index contributed by atoms with van der Waals surface area (Å²) in [7, 11) is 1.79. The number of likely N-dealkylation sites (N-methyl/N-ethyl adjacent to an activating group) is 1. The lowest BCUT2D eigenvalue weighted by atomic mass is 9.92. The molecular formula is C15H29N3O2. The molecule has 0 radical (unpaired) electrons. The monoisotopic (exact) mass is 283 g/mol. The van der Waals surface area contributed by atoms with Crippen LogP contribution in [0.5, 0.6) is 0 Å². The summed E-state index contributed by atoms with van der Waals surface area (Å²) in [6.45, 7) is 11.3. The molecule has 2 aliphatic rings. The predicted molar refractivity (Wildman–Crippen MR) is 79.9 cm³/mol. The molecule has 0 aromatic rings. The second kappa shape index (κ2) is 5.62. The van der Waals surface area contributed by atoms with Crippen LogP contribution in [0.1, 0.15) is 33.6 Å². The van der Waals surface area contributed by atoms with Gasteiger partial charge < -0.3 is 10.4 Å². The number of carbonyl (C=O) groups is 1. The van der Waals surface area contributed by atoms with Crippen LogP contribution in [0, 0.1) is 5.92 Å². The Balaban J connectivity index is 1.95. The summed E-state index contributed by atoms with van der Waals surface area (Å²) >= 11 is 0. The standard InChI is InChI=1S/C15H29N3O2/c1-14(2,3)18-9-7-17(8-10-18)11-15(16-4,13(19)20)12-5-6-12/h12,16H,5-11H2,1-4H3,(H,19,20). The van der Waals surface area contributed by atoms with Crippen molar-refractivity contribution in [1.29, 1.82) is 0 Å². The van der Waals surface area contributed by atoms with Crippen molar-refractivity contribution in [2.75, 3.05) is 39.8 Å². The molecule has 0 bridgehead atoms. The third-order valence-corrected chi connectivity index (χ3v) is 4.90. The Hall–Kier alpha value is -0.650. The molecule has 1 saturated carbocycles. The van der Waals surface area contributed by atoms with Crippen LogP contribution in [0.2, 0.25) is 0 Å². The molecule has 0 spiro atoms. The molecular weight excluding hydrogens is 254 g/mol. The molecule has 1 aliphatic carbocycles. The molecule has 0 aromatic heterocycles. The van der Waals surface area contributed by atoms with E-state index in [1.165, 1.54) is 0 Å². The first kappa shape index (κ1) is 15.7. The molecule has 1 saturated heterocycles. The lowest BCUT2D eigenvalue weighted by Crippen LogP contribution is -2.62. The van der Waals surface area contributed by atoms with Gasteiger partial charge in [-0.15, -0.1) is 0 Å². The Morgan fingerprint density at radius 3 is 2.10 bits per heavy atom. The van der Waals surface area contributed by atoms with Gasteiger partial charge in [-0.25, -0.2) is 0 Å². The molecule has 2 N–H and O–H groups in total. The van der Waals surface area contributed by atoms with E-state index < -0.39 is 11.5 Å². The number of rotatable bonds is 5. The maximum absolute atomic E-state index is 11.7. The third kappa shape index (κ3) is 3.15. The molecule has 2 fully saturated rings. The first-order valence-corrected chi connectivity index (χ1v) is 7.69. The highest BCUT2D eigenvalue weighted by atomic mass is 16.4. The van der Waals surface area contributed by atoms with Gasteiger partial charge >= 0.3 is 5.97 Å². The van der Waals surface area contributed by atoms with Crippen molar-refractivity contribution >= 4 is 5.97 Å². The molecule has 1 unspecified atom stereocenters. The van der Waals surface area contributed by atoms with Gasteiger partial charge in [0.2, 0.25) is 0 Å². The van der Waals surface area contributed by atoms with E-state index in [-0.39, 0.29) is 5.54 Å². The SMILES string of the molecule is CNC(CN1CCN(C(C)(C)C)CC1)(C(=O)O)C1CC1. The quantitative estimate of drug-likeness (QED) is 0.783. The van der Waals surface area contributed by atoms with Gasteiger partial charge in [0.05, 0.1) is 0 Å². The van der Waals surface area contributed by atoms with E-state index in [1.54, 1.807) is 7.05 Å². The second-order valence-electron chi connectivity index (χ2n) is 7.23. The molecule has 1 atom stereocenters. The van der Waals surface area contributed by atoms with Gasteiger partial charge in [-0.2, -0.15) is 0 Å². The normalized spacial score (nSPS) is 25.4. The van der Waals surface area contributed by atoms with Gasteiger partial charge in [0.1, 0.15) is 5.54 Å². The van der Waals surface area contributed by atoms with Gasteiger partial charge in [-0.3, -0.25) is 14.6 Å². The van der Waals surface area contributed by atoms with Gasteiger partial charge in [0, 0.05) is 38.3 Å². The summed E-state index contributed by atoms with van der Waals surface area (Å²) in [6, 6.07) is 0. The van der Waals surface area contributed by atoms with Gasteiger partial charge in [0.15, 0.2) is 0 Å². The average Bonchev–Trinajstić information content (AvgIpc) is 3.19. The molecule has 116 valence electrons. The summed E-state index contributed by atoms with van der Waals surface area (Å²) in [4.78, 5) is 16.5. The van der Waals surface area contributed by atoms with Crippen LogP contribution in [-0.4, -0.2) is 71.7 Å². The van der Waals surface area contributed by atoms with E-state index in [2.05, 4.69) is 35.9 Å². The number of nitrogens with one attached hydrogen (secondary N) is 1. The zero-order valence-corrected chi connectivity index (χ0v) is 13.3. The smallest absolute Gasteiger partial charge is 0.325 e. The van der Waals surface area contributed by atoms with Crippen LogP contribution in [-0.2, 0) is 4.79 Å². The van der Waals surface area contributed by atoms with Crippen LogP contribution in [0.4, 0.5) is 0 Å². The van der Waals surface area contributed by atoms with Crippen molar-refractivity contribution in [3.63, 3.8) is 0 Å². The maximum atomic E-state index is 11.7. The number of carboxylic acids is 1. The molecule has 0 amide bonds. The highest BCUT2D eigenvalue weighted by molar-refractivity contribution is 5.80. The first-order valence-electron chi connectivity index (χ1n) is 7.69. The molecule has 1 heterocycles. The summed E-state index contributed by atoms with van der Waals surface area (Å²) in [5.41, 5.74) is -0.542. The van der Waals surface area contributed by atoms with E-state index >= 15 is 0 Å². The van der Waals surface area contributed by atoms with Crippen LogP contribution >= 0.6 is 0 Å². The van der Waals surface area contributed by atoms with Crippen LogP contribution in [0.15, 0.2) is 0 Å². The Labute approximate surface area is 122 Å². The second-order valence-corrected chi connectivity index (χ2v) is 7.23. The fraction of sp³-hybridized carbons (Fsp3) is 0.933. The number of nitrogens with zero attached hydrogens (tertiary/aromatic N) is 2. The summed E-state index contributed by atoms with van der Waals surface area (Å²) < 4.78 is 0. The van der Waals surface area contributed by atoms with Crippen molar-refractivity contribution in [3.8, 4) is 0 Å². The molecule has 2 rings (SSSR count). The topological polar surface area (TPSA) is 55.8 Å². The van der Waals surface area contributed by atoms with Gasteiger partial charge in [-0.05, 0) is 46.6 Å². The van der Waals surface area contributed by atoms with E-state index in [4.69, 9.17) is 0 Å². The van der Waals surface area contributed by atoms with Crippen molar-refractivity contribution in [2.24, 2.45) is 5.92 Å². The minimum atomic E-state index is -0.746. The number of piperazine rings is 1. The number of hydrogen-bond donors (Lipinski definition) is 2. The highest BCUT2D eigenvalue weighted by Gasteiger charge is 2.51. The highest BCUT2D eigenvalue weighted by Crippen LogP contribution is 2.40. The summed E-state index contributed by atoms with van der Waals surface area (Å²) in [5.74, 6) is -0.397. The Morgan fingerprint density at radius 2 is 1.75 bits per heavy atom. The minimum absolute atomic E-state index is 0.204. The Bertz CT molecular complexity index is 355. The fourth-order valence-corrected chi connectivity index (χ4v) is 3.27. The van der Waals surface area contributed by atoms with Crippen molar-refractivity contribution in [2.45, 2.75) is 44.7 Å². The Morgan fingerprint density at radius 1 is 1.20 bits per heavy atom. The van der Waals surface area contributed by atoms with Gasteiger partial charge in [-0.1, -0.05) is 0 Å². The number of carboxylic acid groups (broad SMARTS) is 1. The molecule has 5 heteroatoms. The maximum Gasteiger partial charge on any atom is 0.325 e. The largest absolute Gasteiger partial charge is 0.480 e. The van der Waals surface area contributed by atoms with E-state index in [0.29, 0.717) is 12.5 Å². The van der Waals surface area contributed by atoms with Crippen molar-refractivity contribution in [1.82, 2.24) is 15.1 Å². The van der Waals surface area contributed by atoms with E-state index in [9.17, 15) is 9.90 Å². The van der Waals surface area contributed by atoms with Crippen molar-refractivity contribution in [3.05, 3.63) is 0 Å². The lowest BCUT2D eigenvalue weighted by molar-refractivity contribution is -0.147. The Kier molecular flexibility index (Phi) is 4.42. The zero-order chi connectivity index (χ0) is 15.0. The molecule has 5 nitrogen and oxygen atoms in total.